The summed E-state index contributed by atoms with van der Waals surface area (Å²) in [7, 11) is 0. The number of hydrogen-bond donors (Lipinski definition) is 1. The predicted molar refractivity (Wildman–Crippen MR) is 81.5 cm³/mol. The Labute approximate surface area is 124 Å². The molecule has 0 aliphatic rings. The molecule has 0 radical (unpaired) electrons. The summed E-state index contributed by atoms with van der Waals surface area (Å²) >= 11 is 6.01. The molecule has 0 aliphatic heterocycles. The molecule has 0 aliphatic carbocycles. The Morgan fingerprint density at radius 2 is 2.05 bits per heavy atom. The smallest absolute Gasteiger partial charge is 0.237 e. The van der Waals surface area contributed by atoms with Gasteiger partial charge in [-0.15, -0.1) is 0 Å². The quantitative estimate of drug-likeness (QED) is 0.792. The first-order chi connectivity index (χ1) is 9.79. The van der Waals surface area contributed by atoms with Crippen molar-refractivity contribution in [1.29, 1.82) is 0 Å². The van der Waals surface area contributed by atoms with Gasteiger partial charge in [-0.25, -0.2) is 4.98 Å². The van der Waals surface area contributed by atoms with Crippen LogP contribution >= 0.6 is 11.6 Å². The van der Waals surface area contributed by atoms with Crippen molar-refractivity contribution in [1.82, 2.24) is 9.97 Å². The van der Waals surface area contributed by atoms with Crippen molar-refractivity contribution in [2.75, 3.05) is 18.5 Å². The molecule has 0 spiro atoms. The number of halogens is 1. The van der Waals surface area contributed by atoms with Gasteiger partial charge in [-0.2, -0.15) is 4.98 Å². The van der Waals surface area contributed by atoms with Gasteiger partial charge in [0.15, 0.2) is 0 Å². The molecule has 0 amide bonds. The number of nitrogens with zero attached hydrogens (tertiary/aromatic N) is 2. The minimum atomic E-state index is 0.436. The first kappa shape index (κ1) is 14.6. The minimum Gasteiger partial charge on any atom is -0.476 e. The van der Waals surface area contributed by atoms with Crippen LogP contribution in [0.25, 0.3) is 0 Å². The molecule has 0 saturated heterocycles. The van der Waals surface area contributed by atoms with Crippen molar-refractivity contribution in [3.05, 3.63) is 47.1 Å². The molecule has 2 rings (SSSR count). The summed E-state index contributed by atoms with van der Waals surface area (Å²) in [5.41, 5.74) is 1.30. The third kappa shape index (κ3) is 4.38. The van der Waals surface area contributed by atoms with E-state index in [1.807, 2.05) is 25.1 Å². The molecule has 0 unspecified atom stereocenters. The van der Waals surface area contributed by atoms with Gasteiger partial charge in [0.25, 0.3) is 0 Å². The number of aryl methyl sites for hydroxylation is 1. The first-order valence-electron chi connectivity index (χ1n) is 6.72. The average molecular weight is 292 g/mol. The van der Waals surface area contributed by atoms with Crippen molar-refractivity contribution < 1.29 is 4.74 Å². The highest BCUT2D eigenvalue weighted by atomic mass is 35.5. The monoisotopic (exact) mass is 291 g/mol. The molecule has 20 heavy (non-hydrogen) atoms. The molecule has 1 aromatic carbocycles. The van der Waals surface area contributed by atoms with E-state index in [1.165, 1.54) is 5.56 Å². The molecule has 0 fully saturated rings. The van der Waals surface area contributed by atoms with E-state index in [9.17, 15) is 0 Å². The van der Waals surface area contributed by atoms with Gasteiger partial charge in [0.2, 0.25) is 11.8 Å². The third-order valence-corrected chi connectivity index (χ3v) is 3.00. The number of nitrogens with one attached hydrogen (secondary N) is 1. The van der Waals surface area contributed by atoms with Gasteiger partial charge < -0.3 is 10.1 Å². The summed E-state index contributed by atoms with van der Waals surface area (Å²) < 4.78 is 5.62. The fraction of sp³-hybridized carbons (Fsp3) is 0.333. The van der Waals surface area contributed by atoms with Gasteiger partial charge >= 0.3 is 0 Å². The lowest BCUT2D eigenvalue weighted by atomic mass is 10.1. The van der Waals surface area contributed by atoms with E-state index in [1.54, 1.807) is 6.20 Å². The van der Waals surface area contributed by atoms with Gasteiger partial charge in [0.1, 0.15) is 5.02 Å². The maximum Gasteiger partial charge on any atom is 0.237 e. The molecular formula is C15H18ClN3O. The second-order valence-electron chi connectivity index (χ2n) is 4.31. The SMILES string of the molecule is CCNc1ncc(Cl)c(OCCCc2ccccc2)n1. The second-order valence-corrected chi connectivity index (χ2v) is 4.72. The van der Waals surface area contributed by atoms with Crippen LogP contribution in [0.3, 0.4) is 0 Å². The third-order valence-electron chi connectivity index (χ3n) is 2.74. The van der Waals surface area contributed by atoms with E-state index in [2.05, 4.69) is 27.4 Å². The average Bonchev–Trinajstić information content (AvgIpc) is 2.48. The predicted octanol–water partition coefficient (Wildman–Crippen LogP) is 3.57. The summed E-state index contributed by atoms with van der Waals surface area (Å²) in [6.07, 6.45) is 3.45. The zero-order valence-corrected chi connectivity index (χ0v) is 12.2. The Morgan fingerprint density at radius 3 is 2.80 bits per heavy atom. The molecule has 1 N–H and O–H groups in total. The summed E-state index contributed by atoms with van der Waals surface area (Å²) in [6.45, 7) is 3.32. The van der Waals surface area contributed by atoms with Crippen LogP contribution in [0, 0.1) is 0 Å². The standard InChI is InChI=1S/C15H18ClN3O/c1-2-17-15-18-11-13(16)14(19-15)20-10-6-9-12-7-4-3-5-8-12/h3-5,7-8,11H,2,6,9-10H2,1H3,(H,17,18,19). The number of rotatable bonds is 7. The molecule has 2 aromatic rings. The molecule has 5 heteroatoms. The number of aromatic nitrogens is 2. The van der Waals surface area contributed by atoms with Crippen LogP contribution in [0.15, 0.2) is 36.5 Å². The maximum atomic E-state index is 6.01. The zero-order valence-electron chi connectivity index (χ0n) is 11.5. The first-order valence-corrected chi connectivity index (χ1v) is 7.10. The van der Waals surface area contributed by atoms with Gasteiger partial charge in [0, 0.05) is 6.54 Å². The summed E-state index contributed by atoms with van der Waals surface area (Å²) in [5.74, 6) is 0.973. The normalized spacial score (nSPS) is 10.3. The molecule has 0 saturated carbocycles. The number of benzene rings is 1. The van der Waals surface area contributed by atoms with Crippen LogP contribution in [0.2, 0.25) is 5.02 Å². The number of anilines is 1. The summed E-state index contributed by atoms with van der Waals surface area (Å²) in [4.78, 5) is 8.30. The Morgan fingerprint density at radius 1 is 1.25 bits per heavy atom. The van der Waals surface area contributed by atoms with Crippen molar-refractivity contribution in [3.63, 3.8) is 0 Å². The van der Waals surface area contributed by atoms with Crippen LogP contribution in [-0.2, 0) is 6.42 Å². The molecular weight excluding hydrogens is 274 g/mol. The Balaban J connectivity index is 1.83. The van der Waals surface area contributed by atoms with Crippen molar-refractivity contribution in [2.24, 2.45) is 0 Å². The van der Waals surface area contributed by atoms with E-state index >= 15 is 0 Å². The maximum absolute atomic E-state index is 6.01. The lowest BCUT2D eigenvalue weighted by Gasteiger charge is -2.08. The zero-order chi connectivity index (χ0) is 14.2. The molecule has 0 atom stereocenters. The number of ether oxygens (including phenoxy) is 1. The molecule has 106 valence electrons. The van der Waals surface area contributed by atoms with Crippen LogP contribution in [0.5, 0.6) is 5.88 Å². The van der Waals surface area contributed by atoms with E-state index < -0.39 is 0 Å². The van der Waals surface area contributed by atoms with E-state index in [4.69, 9.17) is 16.3 Å². The second kappa shape index (κ2) is 7.70. The van der Waals surface area contributed by atoms with E-state index in [-0.39, 0.29) is 0 Å². The fourth-order valence-electron chi connectivity index (χ4n) is 1.79. The summed E-state index contributed by atoms with van der Waals surface area (Å²) in [5, 5.41) is 3.47. The van der Waals surface area contributed by atoms with Crippen LogP contribution in [-0.4, -0.2) is 23.1 Å². The largest absolute Gasteiger partial charge is 0.476 e. The molecule has 4 nitrogen and oxygen atoms in total. The lowest BCUT2D eigenvalue weighted by molar-refractivity contribution is 0.299. The number of hydrogen-bond acceptors (Lipinski definition) is 4. The van der Waals surface area contributed by atoms with Gasteiger partial charge in [-0.05, 0) is 25.3 Å². The molecule has 1 heterocycles. The topological polar surface area (TPSA) is 47.0 Å². The minimum absolute atomic E-state index is 0.436. The Bertz CT molecular complexity index is 534. The van der Waals surface area contributed by atoms with Gasteiger partial charge in [-0.3, -0.25) is 0 Å². The van der Waals surface area contributed by atoms with Crippen molar-refractivity contribution in [3.8, 4) is 5.88 Å². The van der Waals surface area contributed by atoms with Crippen LogP contribution < -0.4 is 10.1 Å². The van der Waals surface area contributed by atoms with Crippen LogP contribution in [0.4, 0.5) is 5.95 Å². The van der Waals surface area contributed by atoms with Crippen molar-refractivity contribution in [2.45, 2.75) is 19.8 Å². The highest BCUT2D eigenvalue weighted by Gasteiger charge is 2.06. The summed E-state index contributed by atoms with van der Waals surface area (Å²) in [6, 6.07) is 10.3. The van der Waals surface area contributed by atoms with E-state index in [0.29, 0.717) is 23.5 Å². The highest BCUT2D eigenvalue weighted by Crippen LogP contribution is 2.22. The Kier molecular flexibility index (Phi) is 5.62. The Hall–Kier alpha value is -1.81. The van der Waals surface area contributed by atoms with Crippen LogP contribution in [0.1, 0.15) is 18.9 Å². The van der Waals surface area contributed by atoms with Crippen molar-refractivity contribution >= 4 is 17.5 Å². The molecule has 1 aromatic heterocycles. The van der Waals surface area contributed by atoms with Gasteiger partial charge in [-0.1, -0.05) is 41.9 Å². The fourth-order valence-corrected chi connectivity index (χ4v) is 1.93. The van der Waals surface area contributed by atoms with E-state index in [0.717, 1.165) is 19.4 Å². The molecule has 0 bridgehead atoms. The highest BCUT2D eigenvalue weighted by molar-refractivity contribution is 6.31. The lowest BCUT2D eigenvalue weighted by Crippen LogP contribution is -2.06. The van der Waals surface area contributed by atoms with Gasteiger partial charge in [0.05, 0.1) is 12.8 Å².